The van der Waals surface area contributed by atoms with Crippen molar-refractivity contribution >= 4 is 41.2 Å². The minimum Gasteiger partial charge on any atom is -0.359 e. The highest BCUT2D eigenvalue weighted by atomic mass is 35.5. The zero-order chi connectivity index (χ0) is 18.5. The smallest absolute Gasteiger partial charge is 0.359 e. The van der Waals surface area contributed by atoms with Gasteiger partial charge in [0.2, 0.25) is 0 Å². The topological polar surface area (TPSA) is 89.6 Å². The molecule has 26 heavy (non-hydrogen) atoms. The second-order valence-electron chi connectivity index (χ2n) is 5.08. The fourth-order valence-electron chi connectivity index (χ4n) is 2.13. The Morgan fingerprint density at radius 2 is 2.04 bits per heavy atom. The van der Waals surface area contributed by atoms with Gasteiger partial charge in [-0.3, -0.25) is 15.1 Å². The van der Waals surface area contributed by atoms with E-state index in [0.29, 0.717) is 38.3 Å². The molecule has 0 spiro atoms. The Hall–Kier alpha value is -2.90. The minimum atomic E-state index is -0.819. The molecule has 0 radical (unpaired) electrons. The first-order valence-corrected chi connectivity index (χ1v) is 8.14. The lowest BCUT2D eigenvalue weighted by atomic mass is 10.1. The summed E-state index contributed by atoms with van der Waals surface area (Å²) in [5, 5.41) is 10.8. The number of anilines is 1. The lowest BCUT2D eigenvalue weighted by Crippen LogP contribution is -2.12. The zero-order valence-corrected chi connectivity index (χ0v) is 15.0. The Labute approximate surface area is 158 Å². The van der Waals surface area contributed by atoms with E-state index in [1.807, 2.05) is 0 Å². The highest BCUT2D eigenvalue weighted by molar-refractivity contribution is 6.39. The van der Waals surface area contributed by atoms with Gasteiger partial charge in [-0.2, -0.15) is 0 Å². The van der Waals surface area contributed by atoms with Crippen LogP contribution in [0.3, 0.4) is 0 Å². The van der Waals surface area contributed by atoms with E-state index in [4.69, 9.17) is 32.6 Å². The maximum atomic E-state index is 12.0. The number of aryl methyl sites for hydroxylation is 1. The van der Waals surface area contributed by atoms with Crippen molar-refractivity contribution in [3.05, 3.63) is 64.1 Å². The molecule has 3 aromatic rings. The number of nitrogens with one attached hydrogen (secondary N) is 1. The number of nitrogens with zero attached hydrogens (tertiary/aromatic N) is 3. The van der Waals surface area contributed by atoms with Gasteiger partial charge < -0.3 is 4.52 Å². The average molecular weight is 391 g/mol. The minimum absolute atomic E-state index is 0.293. The van der Waals surface area contributed by atoms with Crippen LogP contribution < -0.4 is 5.32 Å². The third-order valence-electron chi connectivity index (χ3n) is 3.31. The maximum Gasteiger partial charge on any atom is 0.438 e. The predicted octanol–water partition coefficient (Wildman–Crippen LogP) is 4.93. The number of halogens is 2. The normalized spacial score (nSPS) is 10.9. The van der Waals surface area contributed by atoms with Crippen molar-refractivity contribution in [2.45, 2.75) is 6.92 Å². The van der Waals surface area contributed by atoms with Gasteiger partial charge in [0.25, 0.3) is 0 Å². The van der Waals surface area contributed by atoms with Crippen LogP contribution in [-0.4, -0.2) is 22.4 Å². The van der Waals surface area contributed by atoms with Crippen molar-refractivity contribution in [1.29, 1.82) is 0 Å². The van der Waals surface area contributed by atoms with E-state index in [2.05, 4.69) is 20.6 Å². The molecule has 0 saturated heterocycles. The molecule has 0 aliphatic rings. The summed E-state index contributed by atoms with van der Waals surface area (Å²) in [4.78, 5) is 20.7. The highest BCUT2D eigenvalue weighted by Crippen LogP contribution is 2.39. The van der Waals surface area contributed by atoms with E-state index >= 15 is 0 Å². The summed E-state index contributed by atoms with van der Waals surface area (Å²) in [6, 6.07) is 8.52. The molecule has 2 aromatic heterocycles. The van der Waals surface area contributed by atoms with Crippen LogP contribution in [0.15, 0.2) is 52.4 Å². The van der Waals surface area contributed by atoms with Gasteiger partial charge in [-0.1, -0.05) is 45.6 Å². The number of carbonyl (C=O) groups excluding carboxylic acids is 1. The predicted molar refractivity (Wildman–Crippen MR) is 98.6 cm³/mol. The molecule has 132 valence electrons. The quantitative estimate of drug-likeness (QED) is 0.387. The van der Waals surface area contributed by atoms with Crippen LogP contribution in [0.2, 0.25) is 10.0 Å². The monoisotopic (exact) mass is 390 g/mol. The number of pyridine rings is 1. The molecule has 0 atom stereocenters. The van der Waals surface area contributed by atoms with Gasteiger partial charge in [0.1, 0.15) is 11.4 Å². The van der Waals surface area contributed by atoms with E-state index in [1.54, 1.807) is 49.6 Å². The second-order valence-corrected chi connectivity index (χ2v) is 5.90. The van der Waals surface area contributed by atoms with Gasteiger partial charge in [-0.05, 0) is 25.1 Å². The van der Waals surface area contributed by atoms with Crippen molar-refractivity contribution in [3.63, 3.8) is 0 Å². The van der Waals surface area contributed by atoms with Crippen LogP contribution in [-0.2, 0) is 4.84 Å². The molecule has 1 amide bonds. The van der Waals surface area contributed by atoms with Crippen LogP contribution >= 0.6 is 23.2 Å². The number of amides is 1. The Morgan fingerprint density at radius 3 is 2.73 bits per heavy atom. The van der Waals surface area contributed by atoms with E-state index in [9.17, 15) is 4.79 Å². The van der Waals surface area contributed by atoms with Crippen LogP contribution in [0.4, 0.5) is 10.5 Å². The molecular formula is C17H12Cl2N4O3. The Kier molecular flexibility index (Phi) is 5.50. The first kappa shape index (κ1) is 17.9. The average Bonchev–Trinajstić information content (AvgIpc) is 2.96. The van der Waals surface area contributed by atoms with E-state index in [0.717, 1.165) is 0 Å². The Bertz CT molecular complexity index is 938. The number of aromatic nitrogens is 2. The Morgan fingerprint density at radius 1 is 1.27 bits per heavy atom. The summed E-state index contributed by atoms with van der Waals surface area (Å²) in [6.45, 7) is 1.63. The molecule has 0 bridgehead atoms. The molecule has 0 fully saturated rings. The summed E-state index contributed by atoms with van der Waals surface area (Å²) in [5.74, 6) is 0.365. The number of oxime groups is 1. The first-order valence-electron chi connectivity index (χ1n) is 7.38. The summed E-state index contributed by atoms with van der Waals surface area (Å²) >= 11 is 12.4. The molecule has 2 heterocycles. The fraction of sp³-hybridized carbons (Fsp3) is 0.0588. The molecule has 0 aliphatic carbocycles. The molecule has 3 rings (SSSR count). The third kappa shape index (κ3) is 4.01. The SMILES string of the molecule is Cc1onc(-c2c(Cl)cccc2Cl)c1NC(=O)O/N=C\c1cccnc1. The van der Waals surface area contributed by atoms with Crippen LogP contribution in [0, 0.1) is 6.92 Å². The van der Waals surface area contributed by atoms with Crippen LogP contribution in [0.1, 0.15) is 11.3 Å². The number of hydrogen-bond donors (Lipinski definition) is 1. The lowest BCUT2D eigenvalue weighted by molar-refractivity contribution is 0.167. The fourth-order valence-corrected chi connectivity index (χ4v) is 2.70. The number of benzene rings is 1. The van der Waals surface area contributed by atoms with Gasteiger partial charge in [0.15, 0.2) is 5.76 Å². The number of rotatable bonds is 4. The summed E-state index contributed by atoms with van der Waals surface area (Å²) < 4.78 is 5.15. The molecule has 7 nitrogen and oxygen atoms in total. The van der Waals surface area contributed by atoms with Crippen LogP contribution in [0.25, 0.3) is 11.3 Å². The largest absolute Gasteiger partial charge is 0.438 e. The van der Waals surface area contributed by atoms with Crippen molar-refractivity contribution < 1.29 is 14.2 Å². The molecule has 0 saturated carbocycles. The third-order valence-corrected chi connectivity index (χ3v) is 3.94. The van der Waals surface area contributed by atoms with Gasteiger partial charge >= 0.3 is 6.09 Å². The standard InChI is InChI=1S/C17H12Cl2N4O3/c1-10-15(16(23-25-10)14-12(18)5-2-6-13(14)19)22-17(24)26-21-9-11-4-3-7-20-8-11/h2-9H,1H3,(H,22,24)/b21-9-. The first-order chi connectivity index (χ1) is 12.6. The van der Waals surface area contributed by atoms with E-state index < -0.39 is 6.09 Å². The second kappa shape index (κ2) is 7.99. The van der Waals surface area contributed by atoms with E-state index in [-0.39, 0.29) is 0 Å². The molecular weight excluding hydrogens is 379 g/mol. The van der Waals surface area contributed by atoms with Gasteiger partial charge in [0, 0.05) is 23.5 Å². The Balaban J connectivity index is 1.77. The zero-order valence-electron chi connectivity index (χ0n) is 13.4. The molecule has 9 heteroatoms. The number of hydrogen-bond acceptors (Lipinski definition) is 6. The lowest BCUT2D eigenvalue weighted by Gasteiger charge is -2.07. The summed E-state index contributed by atoms with van der Waals surface area (Å²) in [5.41, 5.74) is 1.72. The van der Waals surface area contributed by atoms with Gasteiger partial charge in [-0.15, -0.1) is 0 Å². The molecule has 1 N–H and O–H groups in total. The van der Waals surface area contributed by atoms with E-state index in [1.165, 1.54) is 6.21 Å². The molecule has 0 unspecified atom stereocenters. The van der Waals surface area contributed by atoms with Crippen molar-refractivity contribution in [2.24, 2.45) is 5.16 Å². The molecule has 0 aliphatic heterocycles. The van der Waals surface area contributed by atoms with Crippen molar-refractivity contribution in [2.75, 3.05) is 5.32 Å². The number of carbonyl (C=O) groups is 1. The van der Waals surface area contributed by atoms with Crippen molar-refractivity contribution in [3.8, 4) is 11.3 Å². The summed E-state index contributed by atoms with van der Waals surface area (Å²) in [7, 11) is 0. The van der Waals surface area contributed by atoms with Crippen LogP contribution in [0.5, 0.6) is 0 Å². The highest BCUT2D eigenvalue weighted by Gasteiger charge is 2.21. The van der Waals surface area contributed by atoms with Gasteiger partial charge in [0.05, 0.1) is 16.3 Å². The van der Waals surface area contributed by atoms with Gasteiger partial charge in [-0.25, -0.2) is 4.79 Å². The maximum absolute atomic E-state index is 12.0. The summed E-state index contributed by atoms with van der Waals surface area (Å²) in [6.07, 6.45) is 3.74. The molecule has 1 aromatic carbocycles. The van der Waals surface area contributed by atoms with Crippen molar-refractivity contribution in [1.82, 2.24) is 10.1 Å².